The fourth-order valence-electron chi connectivity index (χ4n) is 2.84. The maximum atomic E-state index is 12.8. The van der Waals surface area contributed by atoms with E-state index in [0.717, 1.165) is 9.79 Å². The number of anilines is 1. The van der Waals surface area contributed by atoms with Crippen LogP contribution in [0, 0.1) is 0 Å². The SMILES string of the molecule is COc1ccc2cc(C(=O)Nc3ccccc3Sc3ccccc3)c(=O)oc2c1. The van der Waals surface area contributed by atoms with Gasteiger partial charge in [-0.1, -0.05) is 42.1 Å². The van der Waals surface area contributed by atoms with Crippen LogP contribution in [0.25, 0.3) is 11.0 Å². The summed E-state index contributed by atoms with van der Waals surface area (Å²) in [5.41, 5.74) is 0.241. The molecule has 0 aliphatic carbocycles. The van der Waals surface area contributed by atoms with Gasteiger partial charge in [0.2, 0.25) is 0 Å². The summed E-state index contributed by atoms with van der Waals surface area (Å²) in [4.78, 5) is 27.1. The Morgan fingerprint density at radius 3 is 2.52 bits per heavy atom. The smallest absolute Gasteiger partial charge is 0.349 e. The summed E-state index contributed by atoms with van der Waals surface area (Å²) in [6, 6.07) is 23.9. The highest BCUT2D eigenvalue weighted by Crippen LogP contribution is 2.33. The predicted molar refractivity (Wildman–Crippen MR) is 114 cm³/mol. The monoisotopic (exact) mass is 403 g/mol. The van der Waals surface area contributed by atoms with E-state index in [2.05, 4.69) is 5.32 Å². The minimum Gasteiger partial charge on any atom is -0.497 e. The van der Waals surface area contributed by atoms with Gasteiger partial charge in [-0.05, 0) is 42.5 Å². The molecule has 29 heavy (non-hydrogen) atoms. The van der Waals surface area contributed by atoms with Crippen molar-refractivity contribution in [2.75, 3.05) is 12.4 Å². The number of hydrogen-bond acceptors (Lipinski definition) is 5. The highest BCUT2D eigenvalue weighted by molar-refractivity contribution is 7.99. The molecule has 4 aromatic rings. The first-order chi connectivity index (χ1) is 14.1. The van der Waals surface area contributed by atoms with Gasteiger partial charge in [0, 0.05) is 21.2 Å². The lowest BCUT2D eigenvalue weighted by Crippen LogP contribution is -2.21. The standard InChI is InChI=1S/C23H17NO4S/c1-27-16-12-11-15-13-18(23(26)28-20(15)14-16)22(25)24-19-9-5-6-10-21(19)29-17-7-3-2-4-8-17/h2-14H,1H3,(H,24,25). The Morgan fingerprint density at radius 2 is 1.72 bits per heavy atom. The van der Waals surface area contributed by atoms with Gasteiger partial charge in [0.25, 0.3) is 5.91 Å². The molecule has 0 atom stereocenters. The van der Waals surface area contributed by atoms with Gasteiger partial charge in [-0.15, -0.1) is 0 Å². The number of carbonyl (C=O) groups is 1. The number of carbonyl (C=O) groups excluding carboxylic acids is 1. The quantitative estimate of drug-likeness (QED) is 0.464. The molecule has 6 heteroatoms. The average molecular weight is 403 g/mol. The summed E-state index contributed by atoms with van der Waals surface area (Å²) in [6.07, 6.45) is 0. The predicted octanol–water partition coefficient (Wildman–Crippen LogP) is 5.21. The van der Waals surface area contributed by atoms with E-state index in [1.54, 1.807) is 24.3 Å². The Bertz CT molecular complexity index is 1230. The van der Waals surface area contributed by atoms with E-state index in [1.165, 1.54) is 24.9 Å². The van der Waals surface area contributed by atoms with Gasteiger partial charge in [-0.25, -0.2) is 4.79 Å². The van der Waals surface area contributed by atoms with Crippen molar-refractivity contribution >= 4 is 34.3 Å². The number of benzene rings is 3. The van der Waals surface area contributed by atoms with Crippen molar-refractivity contribution in [1.29, 1.82) is 0 Å². The van der Waals surface area contributed by atoms with E-state index in [4.69, 9.17) is 9.15 Å². The molecule has 1 heterocycles. The zero-order valence-corrected chi connectivity index (χ0v) is 16.4. The van der Waals surface area contributed by atoms with Crippen molar-refractivity contribution in [2.24, 2.45) is 0 Å². The molecule has 1 N–H and O–H groups in total. The summed E-state index contributed by atoms with van der Waals surface area (Å²) in [5.74, 6) is 0.0577. The van der Waals surface area contributed by atoms with Gasteiger partial charge >= 0.3 is 5.63 Å². The van der Waals surface area contributed by atoms with E-state index in [9.17, 15) is 9.59 Å². The third-order valence-electron chi connectivity index (χ3n) is 4.29. The van der Waals surface area contributed by atoms with Crippen LogP contribution in [0.1, 0.15) is 10.4 Å². The van der Waals surface area contributed by atoms with Crippen LogP contribution in [0.15, 0.2) is 97.9 Å². The van der Waals surface area contributed by atoms with Crippen molar-refractivity contribution in [2.45, 2.75) is 9.79 Å². The minimum absolute atomic E-state index is 0.0535. The highest BCUT2D eigenvalue weighted by Gasteiger charge is 2.16. The van der Waals surface area contributed by atoms with Gasteiger partial charge in [-0.3, -0.25) is 4.79 Å². The molecule has 144 valence electrons. The third-order valence-corrected chi connectivity index (χ3v) is 5.38. The summed E-state index contributed by atoms with van der Waals surface area (Å²) in [6.45, 7) is 0. The number of methoxy groups -OCH3 is 1. The summed E-state index contributed by atoms with van der Waals surface area (Å²) < 4.78 is 10.5. The van der Waals surface area contributed by atoms with E-state index < -0.39 is 11.5 Å². The molecule has 0 spiro atoms. The highest BCUT2D eigenvalue weighted by atomic mass is 32.2. The Morgan fingerprint density at radius 1 is 0.966 bits per heavy atom. The van der Waals surface area contributed by atoms with Crippen LogP contribution in [0.2, 0.25) is 0 Å². The van der Waals surface area contributed by atoms with Crippen LogP contribution in [0.4, 0.5) is 5.69 Å². The first kappa shape index (κ1) is 18.8. The Kier molecular flexibility index (Phi) is 5.35. The summed E-state index contributed by atoms with van der Waals surface area (Å²) >= 11 is 1.53. The molecule has 0 saturated carbocycles. The minimum atomic E-state index is -0.698. The number of fused-ring (bicyclic) bond motifs is 1. The third kappa shape index (κ3) is 4.17. The molecule has 0 aliphatic rings. The molecular weight excluding hydrogens is 386 g/mol. The molecule has 1 amide bonds. The van der Waals surface area contributed by atoms with Gasteiger partial charge < -0.3 is 14.5 Å². The molecular formula is C23H17NO4S. The number of rotatable bonds is 5. The van der Waals surface area contributed by atoms with Crippen LogP contribution in [-0.4, -0.2) is 13.0 Å². The van der Waals surface area contributed by atoms with Crippen molar-refractivity contribution in [3.05, 3.63) is 94.8 Å². The molecule has 0 unspecified atom stereocenters. The van der Waals surface area contributed by atoms with Gasteiger partial charge in [-0.2, -0.15) is 0 Å². The van der Waals surface area contributed by atoms with E-state index in [0.29, 0.717) is 22.4 Å². The number of nitrogens with one attached hydrogen (secondary N) is 1. The van der Waals surface area contributed by atoms with E-state index >= 15 is 0 Å². The second-order valence-corrected chi connectivity index (χ2v) is 7.33. The Balaban J connectivity index is 1.63. The van der Waals surface area contributed by atoms with Crippen LogP contribution in [0.5, 0.6) is 5.75 Å². The fourth-order valence-corrected chi connectivity index (χ4v) is 3.76. The summed E-state index contributed by atoms with van der Waals surface area (Å²) in [7, 11) is 1.53. The van der Waals surface area contributed by atoms with Crippen LogP contribution >= 0.6 is 11.8 Å². The maximum Gasteiger partial charge on any atom is 0.349 e. The number of para-hydroxylation sites is 1. The lowest BCUT2D eigenvalue weighted by atomic mass is 10.1. The molecule has 0 fully saturated rings. The zero-order valence-electron chi connectivity index (χ0n) is 15.5. The number of hydrogen-bond donors (Lipinski definition) is 1. The Labute approximate surface area is 171 Å². The molecule has 3 aromatic carbocycles. The van der Waals surface area contributed by atoms with E-state index in [1.807, 2.05) is 48.5 Å². The molecule has 5 nitrogen and oxygen atoms in total. The van der Waals surface area contributed by atoms with Gasteiger partial charge in [0.15, 0.2) is 0 Å². The van der Waals surface area contributed by atoms with Gasteiger partial charge in [0.05, 0.1) is 12.8 Å². The number of ether oxygens (including phenoxy) is 1. The van der Waals surface area contributed by atoms with Crippen LogP contribution in [-0.2, 0) is 0 Å². The first-order valence-corrected chi connectivity index (χ1v) is 9.71. The molecule has 4 rings (SSSR count). The van der Waals surface area contributed by atoms with Crippen molar-refractivity contribution in [3.63, 3.8) is 0 Å². The molecule has 0 radical (unpaired) electrons. The van der Waals surface area contributed by atoms with E-state index in [-0.39, 0.29) is 5.56 Å². The first-order valence-electron chi connectivity index (χ1n) is 8.89. The van der Waals surface area contributed by atoms with Crippen molar-refractivity contribution in [1.82, 2.24) is 0 Å². The zero-order chi connectivity index (χ0) is 20.2. The van der Waals surface area contributed by atoms with Crippen molar-refractivity contribution < 1.29 is 13.9 Å². The lowest BCUT2D eigenvalue weighted by Gasteiger charge is -2.11. The van der Waals surface area contributed by atoms with Gasteiger partial charge in [0.1, 0.15) is 16.9 Å². The second-order valence-electron chi connectivity index (χ2n) is 6.22. The largest absolute Gasteiger partial charge is 0.497 e. The van der Waals surface area contributed by atoms with Crippen molar-refractivity contribution in [3.8, 4) is 5.75 Å². The molecule has 0 bridgehead atoms. The maximum absolute atomic E-state index is 12.8. The lowest BCUT2D eigenvalue weighted by molar-refractivity contribution is 0.102. The van der Waals surface area contributed by atoms with Crippen LogP contribution < -0.4 is 15.7 Å². The fraction of sp³-hybridized carbons (Fsp3) is 0.0435. The summed E-state index contributed by atoms with van der Waals surface area (Å²) in [5, 5.41) is 3.47. The Hall–Kier alpha value is -3.51. The normalized spacial score (nSPS) is 10.7. The molecule has 0 aliphatic heterocycles. The topological polar surface area (TPSA) is 68.5 Å². The number of amides is 1. The molecule has 1 aromatic heterocycles. The second kappa shape index (κ2) is 8.24. The molecule has 0 saturated heterocycles. The average Bonchev–Trinajstić information content (AvgIpc) is 2.75. The van der Waals surface area contributed by atoms with Crippen LogP contribution in [0.3, 0.4) is 0 Å².